The predicted octanol–water partition coefficient (Wildman–Crippen LogP) is 3.29. The van der Waals surface area contributed by atoms with Crippen molar-refractivity contribution in [3.8, 4) is 0 Å². The summed E-state index contributed by atoms with van der Waals surface area (Å²) in [5, 5.41) is 0. The zero-order chi connectivity index (χ0) is 13.6. The summed E-state index contributed by atoms with van der Waals surface area (Å²) in [6, 6.07) is 2.15. The molecule has 1 aromatic heterocycles. The molecule has 96 valence electrons. The lowest BCUT2D eigenvalue weighted by atomic mass is 9.75. The van der Waals surface area contributed by atoms with E-state index in [1.165, 1.54) is 5.56 Å². The van der Waals surface area contributed by atoms with Crippen LogP contribution in [0.4, 0.5) is 0 Å². The van der Waals surface area contributed by atoms with Crippen LogP contribution in [0.3, 0.4) is 0 Å². The highest BCUT2D eigenvalue weighted by Crippen LogP contribution is 2.31. The zero-order valence-electron chi connectivity index (χ0n) is 12.4. The Balaban J connectivity index is 3.78. The van der Waals surface area contributed by atoms with Gasteiger partial charge in [0.15, 0.2) is 0 Å². The third-order valence-electron chi connectivity index (χ3n) is 3.23. The molecule has 0 fully saturated rings. The fraction of sp³-hybridized carbons (Fsp3) is 0.667. The Bertz CT molecular complexity index is 481. The Hall–Kier alpha value is -1.05. The van der Waals surface area contributed by atoms with Crippen molar-refractivity contribution in [1.29, 1.82) is 0 Å². The van der Waals surface area contributed by atoms with Crippen molar-refractivity contribution in [2.75, 3.05) is 0 Å². The minimum Gasteiger partial charge on any atom is -0.316 e. The molecule has 1 aromatic rings. The van der Waals surface area contributed by atoms with E-state index < -0.39 is 0 Å². The molecule has 0 radical (unpaired) electrons. The minimum atomic E-state index is -0.120. The number of hydrogen-bond donors (Lipinski definition) is 0. The largest absolute Gasteiger partial charge is 0.316 e. The second kappa shape index (κ2) is 4.01. The van der Waals surface area contributed by atoms with Crippen molar-refractivity contribution in [2.24, 2.45) is 7.05 Å². The van der Waals surface area contributed by atoms with E-state index in [-0.39, 0.29) is 16.4 Å². The van der Waals surface area contributed by atoms with Gasteiger partial charge in [-0.3, -0.25) is 4.79 Å². The Morgan fingerprint density at radius 2 is 1.47 bits per heavy atom. The maximum absolute atomic E-state index is 12.5. The molecule has 0 amide bonds. The molecule has 0 saturated carbocycles. The van der Waals surface area contributed by atoms with Crippen LogP contribution in [-0.2, 0) is 17.9 Å². The molecule has 0 aromatic carbocycles. The molecule has 2 nitrogen and oxygen atoms in total. The van der Waals surface area contributed by atoms with Crippen molar-refractivity contribution in [3.05, 3.63) is 33.2 Å². The first-order valence-electron chi connectivity index (χ1n) is 6.18. The molecule has 17 heavy (non-hydrogen) atoms. The summed E-state index contributed by atoms with van der Waals surface area (Å²) in [6.45, 7) is 14.8. The van der Waals surface area contributed by atoms with Crippen LogP contribution in [0.25, 0.3) is 0 Å². The number of aromatic nitrogens is 1. The van der Waals surface area contributed by atoms with Crippen LogP contribution in [0, 0.1) is 6.92 Å². The average molecular weight is 235 g/mol. The lowest BCUT2D eigenvalue weighted by molar-refractivity contribution is 0.514. The molecule has 0 bridgehead atoms. The van der Waals surface area contributed by atoms with E-state index in [9.17, 15) is 4.79 Å². The van der Waals surface area contributed by atoms with Gasteiger partial charge in [-0.1, -0.05) is 41.5 Å². The van der Waals surface area contributed by atoms with E-state index in [0.29, 0.717) is 0 Å². The molecule has 0 aliphatic carbocycles. The van der Waals surface area contributed by atoms with Gasteiger partial charge in [-0.05, 0) is 29.4 Å². The SMILES string of the molecule is Cc1cc(C(C)(C)C)c(C(C)(C)C)c(=O)n1C. The Morgan fingerprint density at radius 3 is 1.82 bits per heavy atom. The van der Waals surface area contributed by atoms with Gasteiger partial charge in [-0.25, -0.2) is 0 Å². The van der Waals surface area contributed by atoms with Crippen molar-refractivity contribution < 1.29 is 0 Å². The minimum absolute atomic E-state index is 0.000787. The first kappa shape index (κ1) is 14.0. The third kappa shape index (κ3) is 2.62. The molecule has 0 saturated heterocycles. The van der Waals surface area contributed by atoms with Crippen LogP contribution in [0.2, 0.25) is 0 Å². The zero-order valence-corrected chi connectivity index (χ0v) is 12.4. The van der Waals surface area contributed by atoms with E-state index in [1.807, 2.05) is 14.0 Å². The van der Waals surface area contributed by atoms with Gasteiger partial charge < -0.3 is 4.57 Å². The van der Waals surface area contributed by atoms with Crippen molar-refractivity contribution >= 4 is 0 Å². The molecule has 0 unspecified atom stereocenters. The van der Waals surface area contributed by atoms with E-state index in [2.05, 4.69) is 47.6 Å². The van der Waals surface area contributed by atoms with Crippen molar-refractivity contribution in [1.82, 2.24) is 4.57 Å². The summed E-state index contributed by atoms with van der Waals surface area (Å²) in [4.78, 5) is 12.5. The number of pyridine rings is 1. The van der Waals surface area contributed by atoms with Crippen molar-refractivity contribution in [3.63, 3.8) is 0 Å². The van der Waals surface area contributed by atoms with Gasteiger partial charge in [0.05, 0.1) is 0 Å². The second-order valence-corrected chi connectivity index (χ2v) is 6.94. The van der Waals surface area contributed by atoms with E-state index in [1.54, 1.807) is 4.57 Å². The van der Waals surface area contributed by atoms with E-state index >= 15 is 0 Å². The summed E-state index contributed by atoms with van der Waals surface area (Å²) >= 11 is 0. The summed E-state index contributed by atoms with van der Waals surface area (Å²) < 4.78 is 1.75. The number of rotatable bonds is 0. The molecule has 1 heterocycles. The maximum Gasteiger partial charge on any atom is 0.254 e. The normalized spacial score (nSPS) is 12.9. The van der Waals surface area contributed by atoms with Gasteiger partial charge in [0, 0.05) is 18.3 Å². The van der Waals surface area contributed by atoms with Crippen LogP contribution in [0.1, 0.15) is 58.4 Å². The first-order valence-corrected chi connectivity index (χ1v) is 6.18. The number of aryl methyl sites for hydroxylation is 1. The Kier molecular flexibility index (Phi) is 3.30. The quantitative estimate of drug-likeness (QED) is 0.676. The number of hydrogen-bond acceptors (Lipinski definition) is 1. The highest BCUT2D eigenvalue weighted by atomic mass is 16.1. The summed E-state index contributed by atoms with van der Waals surface area (Å²) in [7, 11) is 1.85. The van der Waals surface area contributed by atoms with Gasteiger partial charge >= 0.3 is 0 Å². The van der Waals surface area contributed by atoms with Gasteiger partial charge in [-0.15, -0.1) is 0 Å². The lowest BCUT2D eigenvalue weighted by Crippen LogP contribution is -2.35. The standard InChI is InChI=1S/C15H25NO/c1-10-9-11(14(2,3)4)12(15(5,6)7)13(17)16(10)8/h9H,1-8H3. The van der Waals surface area contributed by atoms with Gasteiger partial charge in [-0.2, -0.15) is 0 Å². The van der Waals surface area contributed by atoms with Crippen LogP contribution in [0.15, 0.2) is 10.9 Å². The van der Waals surface area contributed by atoms with E-state index in [0.717, 1.165) is 11.3 Å². The highest BCUT2D eigenvalue weighted by Gasteiger charge is 2.28. The molecule has 0 spiro atoms. The fourth-order valence-electron chi connectivity index (χ4n) is 2.14. The third-order valence-corrected chi connectivity index (χ3v) is 3.23. The Labute approximate surface area is 105 Å². The molecule has 0 aliphatic heterocycles. The average Bonchev–Trinajstić information content (AvgIpc) is 2.09. The van der Waals surface area contributed by atoms with Crippen LogP contribution >= 0.6 is 0 Å². The smallest absolute Gasteiger partial charge is 0.254 e. The summed E-state index contributed by atoms with van der Waals surface area (Å²) in [5.74, 6) is 0. The monoisotopic (exact) mass is 235 g/mol. The predicted molar refractivity (Wildman–Crippen MR) is 73.8 cm³/mol. The van der Waals surface area contributed by atoms with E-state index in [4.69, 9.17) is 0 Å². The fourth-order valence-corrected chi connectivity index (χ4v) is 2.14. The van der Waals surface area contributed by atoms with Gasteiger partial charge in [0.25, 0.3) is 5.56 Å². The molecule has 1 rings (SSSR count). The summed E-state index contributed by atoms with van der Waals surface area (Å²) in [5.41, 5.74) is 3.16. The summed E-state index contributed by atoms with van der Waals surface area (Å²) in [6.07, 6.45) is 0. The van der Waals surface area contributed by atoms with Crippen molar-refractivity contribution in [2.45, 2.75) is 59.3 Å². The lowest BCUT2D eigenvalue weighted by Gasteiger charge is -2.30. The number of nitrogens with zero attached hydrogens (tertiary/aromatic N) is 1. The second-order valence-electron chi connectivity index (χ2n) is 6.94. The van der Waals surface area contributed by atoms with Crippen LogP contribution < -0.4 is 5.56 Å². The molecule has 0 atom stereocenters. The topological polar surface area (TPSA) is 22.0 Å². The van der Waals surface area contributed by atoms with Gasteiger partial charge in [0.1, 0.15) is 0 Å². The molecule has 0 aliphatic rings. The Morgan fingerprint density at radius 1 is 1.00 bits per heavy atom. The molecule has 0 N–H and O–H groups in total. The molecular weight excluding hydrogens is 210 g/mol. The molecule has 2 heteroatoms. The van der Waals surface area contributed by atoms with Crippen LogP contribution in [0.5, 0.6) is 0 Å². The maximum atomic E-state index is 12.5. The highest BCUT2D eigenvalue weighted by molar-refractivity contribution is 5.37. The van der Waals surface area contributed by atoms with Gasteiger partial charge in [0.2, 0.25) is 0 Å². The van der Waals surface area contributed by atoms with Crippen LogP contribution in [-0.4, -0.2) is 4.57 Å². The first-order chi connectivity index (χ1) is 7.46. The molecular formula is C15H25NO.